The lowest BCUT2D eigenvalue weighted by Gasteiger charge is -2.19. The molecule has 2 N–H and O–H groups in total. The van der Waals surface area contributed by atoms with Gasteiger partial charge in [-0.15, -0.1) is 0 Å². The van der Waals surface area contributed by atoms with Crippen molar-refractivity contribution in [2.45, 2.75) is 122 Å². The van der Waals surface area contributed by atoms with Crippen molar-refractivity contribution in [2.24, 2.45) is 0 Å². The Bertz CT molecular complexity index is 847. The van der Waals surface area contributed by atoms with Crippen molar-refractivity contribution in [3.8, 4) is 11.5 Å². The van der Waals surface area contributed by atoms with Crippen LogP contribution in [0.3, 0.4) is 0 Å². The van der Waals surface area contributed by atoms with E-state index in [4.69, 9.17) is 24.1 Å². The lowest BCUT2D eigenvalue weighted by molar-refractivity contribution is -0.160. The highest BCUT2D eigenvalue weighted by Crippen LogP contribution is 2.25. The quantitative estimate of drug-likeness (QED) is 0.101. The van der Waals surface area contributed by atoms with Crippen LogP contribution in [0.15, 0.2) is 18.2 Å². The highest BCUT2D eigenvalue weighted by Gasteiger charge is 2.18. The number of aliphatic hydroxyl groups is 2. The van der Waals surface area contributed by atoms with Crippen LogP contribution in [0, 0.1) is 0 Å². The minimum Gasteiger partial charge on any atom is -0.493 e. The van der Waals surface area contributed by atoms with Gasteiger partial charge in [0.05, 0.1) is 25.9 Å². The fraction of sp³-hybridized carbons (Fsp3) is 0.758. The van der Waals surface area contributed by atoms with Crippen LogP contribution in [0.1, 0.15) is 109 Å². The summed E-state index contributed by atoms with van der Waals surface area (Å²) in [6.45, 7) is 5.22. The van der Waals surface area contributed by atoms with Crippen molar-refractivity contribution in [1.29, 1.82) is 0 Å². The molecule has 0 spiro atoms. The van der Waals surface area contributed by atoms with Crippen molar-refractivity contribution < 1.29 is 38.7 Å². The molecule has 0 radical (unpaired) electrons. The van der Waals surface area contributed by atoms with Gasteiger partial charge in [-0.05, 0) is 44.6 Å². The summed E-state index contributed by atoms with van der Waals surface area (Å²) in [4.78, 5) is 26.9. The minimum atomic E-state index is -0.822. The van der Waals surface area contributed by atoms with Crippen molar-refractivity contribution in [2.75, 3.05) is 40.5 Å². The summed E-state index contributed by atoms with van der Waals surface area (Å²) in [6.07, 6.45) is 10.5. The Labute approximate surface area is 253 Å². The molecular weight excluding hydrogens is 538 g/mol. The van der Waals surface area contributed by atoms with Crippen LogP contribution in [-0.4, -0.2) is 79.8 Å². The lowest BCUT2D eigenvalue weighted by Crippen LogP contribution is -2.27. The maximum atomic E-state index is 12.5. The summed E-state index contributed by atoms with van der Waals surface area (Å²) in [5.74, 6) is 0.670. The van der Waals surface area contributed by atoms with Gasteiger partial charge in [-0.2, -0.15) is 0 Å². The number of ether oxygens (including phenoxy) is 4. The van der Waals surface area contributed by atoms with Gasteiger partial charge in [0, 0.05) is 38.3 Å². The van der Waals surface area contributed by atoms with E-state index in [1.54, 1.807) is 6.07 Å². The molecule has 0 amide bonds. The van der Waals surface area contributed by atoms with Gasteiger partial charge in [0.1, 0.15) is 24.2 Å². The molecule has 0 fully saturated rings. The molecule has 2 unspecified atom stereocenters. The third kappa shape index (κ3) is 19.7. The van der Waals surface area contributed by atoms with Crippen LogP contribution in [0.4, 0.5) is 0 Å². The van der Waals surface area contributed by atoms with E-state index < -0.39 is 12.2 Å². The Morgan fingerprint density at radius 3 is 1.88 bits per heavy atom. The number of nitrogens with zero attached hydrogens (tertiary/aromatic N) is 1. The monoisotopic (exact) mass is 595 g/mol. The van der Waals surface area contributed by atoms with E-state index in [1.807, 2.05) is 31.1 Å². The maximum absolute atomic E-state index is 12.5. The Hall–Kier alpha value is -2.36. The predicted molar refractivity (Wildman–Crippen MR) is 165 cm³/mol. The summed E-state index contributed by atoms with van der Waals surface area (Å²) in [6, 6.07) is 5.64. The Morgan fingerprint density at radius 2 is 1.33 bits per heavy atom. The zero-order valence-corrected chi connectivity index (χ0v) is 26.6. The highest BCUT2D eigenvalue weighted by molar-refractivity contribution is 5.70. The maximum Gasteiger partial charge on any atom is 0.306 e. The zero-order chi connectivity index (χ0) is 31.0. The first-order chi connectivity index (χ1) is 20.3. The van der Waals surface area contributed by atoms with E-state index in [0.717, 1.165) is 63.4 Å². The third-order valence-corrected chi connectivity index (χ3v) is 6.77. The first kappa shape index (κ1) is 37.7. The van der Waals surface area contributed by atoms with Crippen LogP contribution >= 0.6 is 0 Å². The predicted octanol–water partition coefficient (Wildman–Crippen LogP) is 5.82. The van der Waals surface area contributed by atoms with Gasteiger partial charge in [-0.25, -0.2) is 0 Å². The van der Waals surface area contributed by atoms with E-state index in [0.29, 0.717) is 43.7 Å². The number of hydrogen-bond acceptors (Lipinski definition) is 9. The SMILES string of the molecule is CCCCCCCC(=O)OCC(CCOc1cc(CN(C)C)cc(OCCC(O)CO)c1)OC(=O)CCCCCCC. The molecule has 1 rings (SSSR count). The van der Waals surface area contributed by atoms with Crippen molar-refractivity contribution in [3.63, 3.8) is 0 Å². The molecule has 0 heterocycles. The number of esters is 2. The topological polar surface area (TPSA) is 115 Å². The fourth-order valence-electron chi connectivity index (χ4n) is 4.39. The fourth-order valence-corrected chi connectivity index (χ4v) is 4.39. The van der Waals surface area contributed by atoms with Crippen LogP contribution < -0.4 is 9.47 Å². The number of carbonyl (C=O) groups is 2. The second-order valence-electron chi connectivity index (χ2n) is 11.3. The van der Waals surface area contributed by atoms with E-state index in [-0.39, 0.29) is 38.4 Å². The molecule has 0 aliphatic rings. The molecule has 0 saturated carbocycles. The Kier molecular flexibility index (Phi) is 21.6. The zero-order valence-electron chi connectivity index (χ0n) is 26.6. The molecule has 0 aliphatic carbocycles. The normalized spacial score (nSPS) is 12.6. The number of rotatable bonds is 26. The largest absolute Gasteiger partial charge is 0.493 e. The molecule has 1 aromatic carbocycles. The average molecular weight is 596 g/mol. The highest BCUT2D eigenvalue weighted by atomic mass is 16.6. The molecule has 42 heavy (non-hydrogen) atoms. The van der Waals surface area contributed by atoms with Crippen LogP contribution in [0.5, 0.6) is 11.5 Å². The van der Waals surface area contributed by atoms with Gasteiger partial charge in [0.25, 0.3) is 0 Å². The van der Waals surface area contributed by atoms with E-state index in [1.165, 1.54) is 6.42 Å². The Morgan fingerprint density at radius 1 is 0.786 bits per heavy atom. The molecule has 0 aromatic heterocycles. The lowest BCUT2D eigenvalue weighted by atomic mass is 10.1. The molecule has 0 bridgehead atoms. The van der Waals surface area contributed by atoms with Gasteiger partial charge in [0.2, 0.25) is 0 Å². The molecule has 2 atom stereocenters. The van der Waals surface area contributed by atoms with Crippen molar-refractivity contribution >= 4 is 11.9 Å². The van der Waals surface area contributed by atoms with Crippen LogP contribution in [-0.2, 0) is 25.6 Å². The summed E-state index contributed by atoms with van der Waals surface area (Å²) in [5, 5.41) is 18.6. The van der Waals surface area contributed by atoms with Crippen molar-refractivity contribution in [1.82, 2.24) is 4.90 Å². The summed E-state index contributed by atoms with van der Waals surface area (Å²) in [7, 11) is 3.95. The Balaban J connectivity index is 2.73. The second kappa shape index (κ2) is 24.1. The summed E-state index contributed by atoms with van der Waals surface area (Å²) in [5.41, 5.74) is 0.995. The molecule has 9 nitrogen and oxygen atoms in total. The van der Waals surface area contributed by atoms with E-state index in [9.17, 15) is 14.7 Å². The first-order valence-electron chi connectivity index (χ1n) is 16.0. The van der Waals surface area contributed by atoms with E-state index in [2.05, 4.69) is 13.8 Å². The van der Waals surface area contributed by atoms with Crippen LogP contribution in [0.2, 0.25) is 0 Å². The van der Waals surface area contributed by atoms with Gasteiger partial charge >= 0.3 is 11.9 Å². The first-order valence-corrected chi connectivity index (χ1v) is 16.0. The van der Waals surface area contributed by atoms with Gasteiger partial charge in [-0.1, -0.05) is 65.2 Å². The number of carbonyl (C=O) groups excluding carboxylic acids is 2. The third-order valence-electron chi connectivity index (χ3n) is 6.77. The van der Waals surface area contributed by atoms with Crippen LogP contribution in [0.25, 0.3) is 0 Å². The number of aliphatic hydroxyl groups excluding tert-OH is 2. The summed E-state index contributed by atoms with van der Waals surface area (Å²) >= 11 is 0. The molecule has 9 heteroatoms. The van der Waals surface area contributed by atoms with Crippen molar-refractivity contribution in [3.05, 3.63) is 23.8 Å². The number of benzene rings is 1. The molecule has 1 aromatic rings. The van der Waals surface area contributed by atoms with E-state index >= 15 is 0 Å². The summed E-state index contributed by atoms with van der Waals surface area (Å²) < 4.78 is 23.1. The second-order valence-corrected chi connectivity index (χ2v) is 11.3. The standard InChI is InChI=1S/C33H57NO8/c1-5-7-9-11-13-15-32(37)41-26-29(42-33(38)16-14-12-10-8-6-2)18-20-40-31-22-27(24-34(3)4)21-30(23-31)39-19-17-28(36)25-35/h21-23,28-29,35-36H,5-20,24-26H2,1-4H3. The number of hydrogen-bond donors (Lipinski definition) is 2. The smallest absolute Gasteiger partial charge is 0.306 e. The van der Waals surface area contributed by atoms with Gasteiger partial charge < -0.3 is 34.1 Å². The molecule has 0 aliphatic heterocycles. The molecule has 0 saturated heterocycles. The van der Waals surface area contributed by atoms with Gasteiger partial charge in [0.15, 0.2) is 0 Å². The molecule has 242 valence electrons. The minimum absolute atomic E-state index is 0.0148. The number of unbranched alkanes of at least 4 members (excludes halogenated alkanes) is 8. The van der Waals surface area contributed by atoms with Gasteiger partial charge in [-0.3, -0.25) is 9.59 Å². The molecular formula is C33H57NO8. The average Bonchev–Trinajstić information content (AvgIpc) is 2.95.